The molecule has 1 unspecified atom stereocenters. The van der Waals surface area contributed by atoms with Crippen LogP contribution in [0.25, 0.3) is 0 Å². The minimum absolute atomic E-state index is 0.00160. The standard InChI is InChI=1S/C18H28O2/c1-3-5-7-9-10-11-13-16-15-17(16)18(19)20-14-12-8-6-4-2/h2,15,17H,3,5-14H2,1H3. The van der Waals surface area contributed by atoms with Crippen molar-refractivity contribution in [3.05, 3.63) is 11.6 Å². The lowest BCUT2D eigenvalue weighted by atomic mass is 10.1. The van der Waals surface area contributed by atoms with E-state index in [1.165, 1.54) is 44.1 Å². The second-order valence-electron chi connectivity index (χ2n) is 5.57. The summed E-state index contributed by atoms with van der Waals surface area (Å²) in [4.78, 5) is 11.7. The monoisotopic (exact) mass is 276 g/mol. The number of terminal acetylenes is 1. The Hall–Kier alpha value is -1.23. The number of unbranched alkanes of at least 4 members (excludes halogenated alkanes) is 7. The summed E-state index contributed by atoms with van der Waals surface area (Å²) < 4.78 is 5.24. The van der Waals surface area contributed by atoms with Crippen LogP contribution in [0.3, 0.4) is 0 Å². The van der Waals surface area contributed by atoms with E-state index in [0.29, 0.717) is 6.61 Å². The average Bonchev–Trinajstić information content (AvgIpc) is 3.22. The van der Waals surface area contributed by atoms with Gasteiger partial charge in [-0.05, 0) is 25.7 Å². The van der Waals surface area contributed by atoms with Gasteiger partial charge in [-0.3, -0.25) is 4.79 Å². The van der Waals surface area contributed by atoms with E-state index in [2.05, 4.69) is 18.9 Å². The number of carbonyl (C=O) groups excluding carboxylic acids is 1. The van der Waals surface area contributed by atoms with Gasteiger partial charge < -0.3 is 4.74 Å². The smallest absolute Gasteiger partial charge is 0.316 e. The molecular formula is C18H28O2. The molecule has 0 N–H and O–H groups in total. The molecule has 0 saturated carbocycles. The van der Waals surface area contributed by atoms with Crippen molar-refractivity contribution in [2.75, 3.05) is 6.61 Å². The van der Waals surface area contributed by atoms with E-state index in [1.807, 2.05) is 0 Å². The Bertz CT molecular complexity index is 349. The van der Waals surface area contributed by atoms with Gasteiger partial charge in [-0.2, -0.15) is 0 Å². The normalized spacial score (nSPS) is 16.4. The number of ether oxygens (including phenoxy) is 1. The van der Waals surface area contributed by atoms with Gasteiger partial charge in [0.15, 0.2) is 0 Å². The SMILES string of the molecule is C#CCCCCOC(=O)C1C=C1CCCCCCCC. The van der Waals surface area contributed by atoms with Crippen molar-refractivity contribution in [3.8, 4) is 12.3 Å². The van der Waals surface area contributed by atoms with E-state index in [-0.39, 0.29) is 11.9 Å². The summed E-state index contributed by atoms with van der Waals surface area (Å²) in [6.45, 7) is 2.74. The zero-order valence-corrected chi connectivity index (χ0v) is 12.8. The lowest BCUT2D eigenvalue weighted by Crippen LogP contribution is -2.09. The highest BCUT2D eigenvalue weighted by molar-refractivity contribution is 5.83. The maximum Gasteiger partial charge on any atom is 0.316 e. The molecule has 0 amide bonds. The van der Waals surface area contributed by atoms with Gasteiger partial charge in [-0.25, -0.2) is 0 Å². The lowest BCUT2D eigenvalue weighted by molar-refractivity contribution is -0.144. The first-order valence-electron chi connectivity index (χ1n) is 8.10. The number of rotatable bonds is 12. The Labute approximate surface area is 124 Å². The van der Waals surface area contributed by atoms with Gasteiger partial charge in [0.25, 0.3) is 0 Å². The van der Waals surface area contributed by atoms with Gasteiger partial charge in [-0.15, -0.1) is 12.3 Å². The minimum Gasteiger partial charge on any atom is -0.465 e. The van der Waals surface area contributed by atoms with E-state index in [1.54, 1.807) is 0 Å². The Kier molecular flexibility index (Phi) is 8.87. The van der Waals surface area contributed by atoms with Crippen LogP contribution in [-0.2, 0) is 9.53 Å². The van der Waals surface area contributed by atoms with Gasteiger partial charge in [0, 0.05) is 6.42 Å². The first-order chi connectivity index (χ1) is 9.79. The number of carbonyl (C=O) groups is 1. The van der Waals surface area contributed by atoms with Crippen molar-refractivity contribution < 1.29 is 9.53 Å². The highest BCUT2D eigenvalue weighted by Crippen LogP contribution is 2.34. The Morgan fingerprint density at radius 1 is 1.20 bits per heavy atom. The molecule has 0 radical (unpaired) electrons. The van der Waals surface area contributed by atoms with E-state index < -0.39 is 0 Å². The fourth-order valence-electron chi connectivity index (χ4n) is 2.33. The lowest BCUT2D eigenvalue weighted by Gasteiger charge is -2.04. The molecule has 0 aromatic heterocycles. The first kappa shape index (κ1) is 16.8. The molecule has 2 nitrogen and oxygen atoms in total. The van der Waals surface area contributed by atoms with Crippen molar-refractivity contribution >= 4 is 5.97 Å². The highest BCUT2D eigenvalue weighted by atomic mass is 16.5. The molecule has 1 atom stereocenters. The third kappa shape index (κ3) is 7.38. The van der Waals surface area contributed by atoms with Crippen molar-refractivity contribution in [1.29, 1.82) is 0 Å². The van der Waals surface area contributed by atoms with Gasteiger partial charge in [0.1, 0.15) is 0 Å². The number of hydrogen-bond donors (Lipinski definition) is 0. The van der Waals surface area contributed by atoms with Crippen molar-refractivity contribution in [2.24, 2.45) is 5.92 Å². The second-order valence-corrected chi connectivity index (χ2v) is 5.57. The molecule has 0 aliphatic heterocycles. The van der Waals surface area contributed by atoms with Crippen LogP contribution in [0.5, 0.6) is 0 Å². The van der Waals surface area contributed by atoms with Crippen molar-refractivity contribution in [3.63, 3.8) is 0 Å². The van der Waals surface area contributed by atoms with E-state index in [9.17, 15) is 4.79 Å². The van der Waals surface area contributed by atoms with E-state index in [0.717, 1.165) is 25.7 Å². The zero-order valence-electron chi connectivity index (χ0n) is 12.8. The Morgan fingerprint density at radius 2 is 1.95 bits per heavy atom. The molecule has 0 aromatic rings. The van der Waals surface area contributed by atoms with Crippen LogP contribution in [-0.4, -0.2) is 12.6 Å². The second kappa shape index (κ2) is 10.5. The molecule has 1 aliphatic carbocycles. The highest BCUT2D eigenvalue weighted by Gasteiger charge is 2.32. The predicted octanol–water partition coefficient (Wildman–Crippen LogP) is 4.64. The van der Waals surface area contributed by atoms with Crippen LogP contribution in [0.15, 0.2) is 11.6 Å². The van der Waals surface area contributed by atoms with Crippen LogP contribution in [0.1, 0.15) is 71.1 Å². The van der Waals surface area contributed by atoms with Crippen LogP contribution < -0.4 is 0 Å². The summed E-state index contributed by atoms with van der Waals surface area (Å²) in [7, 11) is 0. The van der Waals surface area contributed by atoms with Crippen LogP contribution in [0.2, 0.25) is 0 Å². The van der Waals surface area contributed by atoms with E-state index >= 15 is 0 Å². The van der Waals surface area contributed by atoms with Gasteiger partial charge in [0.05, 0.1) is 12.5 Å². The molecule has 1 rings (SSSR count). The third-order valence-electron chi connectivity index (χ3n) is 3.70. The zero-order chi connectivity index (χ0) is 14.6. The van der Waals surface area contributed by atoms with Gasteiger partial charge in [-0.1, -0.05) is 50.7 Å². The fraction of sp³-hybridized carbons (Fsp3) is 0.722. The van der Waals surface area contributed by atoms with Crippen molar-refractivity contribution in [2.45, 2.75) is 71.1 Å². The number of esters is 1. The van der Waals surface area contributed by atoms with Gasteiger partial charge in [0.2, 0.25) is 0 Å². The molecule has 0 aromatic carbocycles. The van der Waals surface area contributed by atoms with E-state index in [4.69, 9.17) is 11.2 Å². The third-order valence-corrected chi connectivity index (χ3v) is 3.70. The largest absolute Gasteiger partial charge is 0.465 e. The van der Waals surface area contributed by atoms with Crippen LogP contribution in [0.4, 0.5) is 0 Å². The predicted molar refractivity (Wildman–Crippen MR) is 83.2 cm³/mol. The molecular weight excluding hydrogens is 248 g/mol. The van der Waals surface area contributed by atoms with Crippen LogP contribution in [0, 0.1) is 18.3 Å². The van der Waals surface area contributed by atoms with Gasteiger partial charge >= 0.3 is 5.97 Å². The summed E-state index contributed by atoms with van der Waals surface area (Å²) >= 11 is 0. The summed E-state index contributed by atoms with van der Waals surface area (Å²) in [5, 5.41) is 0. The molecule has 0 bridgehead atoms. The molecule has 0 heterocycles. The molecule has 112 valence electrons. The quantitative estimate of drug-likeness (QED) is 0.225. The summed E-state index contributed by atoms with van der Waals surface area (Å²) in [5.41, 5.74) is 1.29. The average molecular weight is 276 g/mol. The number of hydrogen-bond acceptors (Lipinski definition) is 2. The fourth-order valence-corrected chi connectivity index (χ4v) is 2.33. The summed E-state index contributed by atoms with van der Waals surface area (Å²) in [6.07, 6.45) is 18.7. The molecule has 0 spiro atoms. The summed E-state index contributed by atoms with van der Waals surface area (Å²) in [5.74, 6) is 2.52. The Morgan fingerprint density at radius 3 is 2.70 bits per heavy atom. The maximum absolute atomic E-state index is 11.7. The van der Waals surface area contributed by atoms with Crippen molar-refractivity contribution in [1.82, 2.24) is 0 Å². The summed E-state index contributed by atoms with van der Waals surface area (Å²) in [6, 6.07) is 0. The topological polar surface area (TPSA) is 26.3 Å². The molecule has 20 heavy (non-hydrogen) atoms. The maximum atomic E-state index is 11.7. The minimum atomic E-state index is -0.0632. The van der Waals surface area contributed by atoms with Crippen LogP contribution >= 0.6 is 0 Å². The molecule has 2 heteroatoms. The first-order valence-corrected chi connectivity index (χ1v) is 8.10. The molecule has 0 saturated heterocycles. The molecule has 0 fully saturated rings. The Balaban J connectivity index is 1.92. The molecule has 1 aliphatic rings.